The van der Waals surface area contributed by atoms with Crippen LogP contribution in [-0.2, 0) is 5.60 Å². The van der Waals surface area contributed by atoms with Crippen LogP contribution in [0.4, 0.5) is 0 Å². The second kappa shape index (κ2) is 3.35. The van der Waals surface area contributed by atoms with Crippen LogP contribution in [0.3, 0.4) is 0 Å². The van der Waals surface area contributed by atoms with Crippen molar-refractivity contribution in [1.82, 2.24) is 0 Å². The molecule has 0 heterocycles. The molecular formula is C12H15BrO. The van der Waals surface area contributed by atoms with Gasteiger partial charge in [0, 0.05) is 4.47 Å². The third-order valence-corrected chi connectivity index (χ3v) is 3.85. The van der Waals surface area contributed by atoms with Crippen LogP contribution in [0.15, 0.2) is 22.7 Å². The Bertz CT molecular complexity index is 361. The van der Waals surface area contributed by atoms with Gasteiger partial charge in [-0.2, -0.15) is 0 Å². The largest absolute Gasteiger partial charge is 0.385 e. The monoisotopic (exact) mass is 254 g/mol. The quantitative estimate of drug-likeness (QED) is 0.858. The van der Waals surface area contributed by atoms with Crippen molar-refractivity contribution in [2.75, 3.05) is 0 Å². The van der Waals surface area contributed by atoms with Gasteiger partial charge >= 0.3 is 0 Å². The summed E-state index contributed by atoms with van der Waals surface area (Å²) in [6.45, 7) is 4.19. The molecule has 76 valence electrons. The van der Waals surface area contributed by atoms with Gasteiger partial charge < -0.3 is 5.11 Å². The molecule has 2 atom stereocenters. The van der Waals surface area contributed by atoms with Gasteiger partial charge in [0.2, 0.25) is 0 Å². The average Bonchev–Trinajstić information content (AvgIpc) is 2.83. The summed E-state index contributed by atoms with van der Waals surface area (Å²) in [6, 6.07) is 6.16. The van der Waals surface area contributed by atoms with Crippen LogP contribution in [0.25, 0.3) is 0 Å². The van der Waals surface area contributed by atoms with Gasteiger partial charge in [0.15, 0.2) is 0 Å². The highest BCUT2D eigenvalue weighted by Gasteiger charge is 2.53. The Labute approximate surface area is 93.3 Å². The lowest BCUT2D eigenvalue weighted by Crippen LogP contribution is -2.09. The molecule has 2 unspecified atom stereocenters. The van der Waals surface area contributed by atoms with Crippen molar-refractivity contribution in [3.63, 3.8) is 0 Å². The standard InChI is InChI=1S/C12H15BrO/c1-3-9-7-12(9,14)10-6-8(2)4-5-11(10)13/h4-6,9,14H,3,7H2,1-2H3. The maximum absolute atomic E-state index is 10.3. The molecule has 1 saturated carbocycles. The van der Waals surface area contributed by atoms with E-state index >= 15 is 0 Å². The number of rotatable bonds is 2. The first kappa shape index (κ1) is 10.2. The minimum atomic E-state index is -0.556. The lowest BCUT2D eigenvalue weighted by molar-refractivity contribution is 0.129. The van der Waals surface area contributed by atoms with Crippen molar-refractivity contribution in [1.29, 1.82) is 0 Å². The summed E-state index contributed by atoms with van der Waals surface area (Å²) in [6.07, 6.45) is 1.96. The summed E-state index contributed by atoms with van der Waals surface area (Å²) < 4.78 is 1.03. The molecule has 0 radical (unpaired) electrons. The fourth-order valence-electron chi connectivity index (χ4n) is 2.10. The van der Waals surface area contributed by atoms with Gasteiger partial charge in [-0.25, -0.2) is 0 Å². The molecule has 0 aromatic heterocycles. The Kier molecular flexibility index (Phi) is 2.44. The van der Waals surface area contributed by atoms with Crippen molar-refractivity contribution < 1.29 is 5.11 Å². The Balaban J connectivity index is 2.38. The summed E-state index contributed by atoms with van der Waals surface area (Å²) in [4.78, 5) is 0. The van der Waals surface area contributed by atoms with Crippen LogP contribution in [-0.4, -0.2) is 5.11 Å². The number of hydrogen-bond acceptors (Lipinski definition) is 1. The Morgan fingerprint density at radius 2 is 2.29 bits per heavy atom. The van der Waals surface area contributed by atoms with E-state index in [1.54, 1.807) is 0 Å². The second-order valence-corrected chi connectivity index (χ2v) is 5.07. The van der Waals surface area contributed by atoms with E-state index < -0.39 is 5.60 Å². The van der Waals surface area contributed by atoms with Crippen LogP contribution in [0.5, 0.6) is 0 Å². The molecule has 1 N–H and O–H groups in total. The topological polar surface area (TPSA) is 20.2 Å². The molecule has 1 fully saturated rings. The van der Waals surface area contributed by atoms with E-state index in [1.165, 1.54) is 5.56 Å². The molecule has 0 aliphatic heterocycles. The van der Waals surface area contributed by atoms with Gasteiger partial charge in [-0.1, -0.05) is 47.0 Å². The molecule has 0 amide bonds. The predicted molar refractivity (Wildman–Crippen MR) is 61.2 cm³/mol. The molecule has 1 aliphatic rings. The van der Waals surface area contributed by atoms with E-state index in [1.807, 2.05) is 6.07 Å². The van der Waals surface area contributed by atoms with Crippen molar-refractivity contribution in [2.45, 2.75) is 32.3 Å². The van der Waals surface area contributed by atoms with Gasteiger partial charge in [-0.15, -0.1) is 0 Å². The molecule has 1 aromatic carbocycles. The highest BCUT2D eigenvalue weighted by atomic mass is 79.9. The Hall–Kier alpha value is -0.340. The summed E-state index contributed by atoms with van der Waals surface area (Å²) in [5.74, 6) is 0.445. The molecular weight excluding hydrogens is 240 g/mol. The Morgan fingerprint density at radius 1 is 1.57 bits per heavy atom. The molecule has 14 heavy (non-hydrogen) atoms. The highest BCUT2D eigenvalue weighted by molar-refractivity contribution is 9.10. The van der Waals surface area contributed by atoms with Gasteiger partial charge in [0.1, 0.15) is 0 Å². The SMILES string of the molecule is CCC1CC1(O)c1cc(C)ccc1Br. The summed E-state index contributed by atoms with van der Waals surface area (Å²) >= 11 is 3.50. The Morgan fingerprint density at radius 3 is 2.86 bits per heavy atom. The third-order valence-electron chi connectivity index (χ3n) is 3.15. The maximum Gasteiger partial charge on any atom is 0.0940 e. The molecule has 0 spiro atoms. The van der Waals surface area contributed by atoms with Crippen molar-refractivity contribution in [2.24, 2.45) is 5.92 Å². The summed E-state index contributed by atoms with van der Waals surface area (Å²) in [5, 5.41) is 10.3. The summed E-state index contributed by atoms with van der Waals surface area (Å²) in [5.41, 5.74) is 1.71. The van der Waals surface area contributed by atoms with Crippen LogP contribution in [0.2, 0.25) is 0 Å². The summed E-state index contributed by atoms with van der Waals surface area (Å²) in [7, 11) is 0. The van der Waals surface area contributed by atoms with E-state index in [2.05, 4.69) is 41.9 Å². The molecule has 2 heteroatoms. The number of benzene rings is 1. The minimum Gasteiger partial charge on any atom is -0.385 e. The van der Waals surface area contributed by atoms with Crippen molar-refractivity contribution >= 4 is 15.9 Å². The van der Waals surface area contributed by atoms with E-state index in [0.29, 0.717) is 5.92 Å². The number of hydrogen-bond donors (Lipinski definition) is 1. The third kappa shape index (κ3) is 1.51. The van der Waals surface area contributed by atoms with Crippen LogP contribution >= 0.6 is 15.9 Å². The van der Waals surface area contributed by atoms with Gasteiger partial charge in [0.05, 0.1) is 5.60 Å². The van der Waals surface area contributed by atoms with E-state index in [9.17, 15) is 5.11 Å². The van der Waals surface area contributed by atoms with E-state index in [-0.39, 0.29) is 0 Å². The smallest absolute Gasteiger partial charge is 0.0940 e. The van der Waals surface area contributed by atoms with Crippen LogP contribution in [0, 0.1) is 12.8 Å². The minimum absolute atomic E-state index is 0.445. The molecule has 0 saturated heterocycles. The van der Waals surface area contributed by atoms with Gasteiger partial charge in [-0.3, -0.25) is 0 Å². The van der Waals surface area contributed by atoms with Gasteiger partial charge in [-0.05, 0) is 30.9 Å². The first-order valence-electron chi connectivity index (χ1n) is 5.07. The predicted octanol–water partition coefficient (Wildman–Crippen LogP) is 3.38. The fraction of sp³-hybridized carbons (Fsp3) is 0.500. The van der Waals surface area contributed by atoms with Crippen LogP contribution in [0.1, 0.15) is 30.9 Å². The lowest BCUT2D eigenvalue weighted by atomic mass is 10.0. The van der Waals surface area contributed by atoms with E-state index in [4.69, 9.17) is 0 Å². The molecule has 0 bridgehead atoms. The lowest BCUT2D eigenvalue weighted by Gasteiger charge is -2.13. The molecule has 1 aliphatic carbocycles. The molecule has 2 rings (SSSR count). The number of halogens is 1. The van der Waals surface area contributed by atoms with Crippen molar-refractivity contribution in [3.8, 4) is 0 Å². The molecule has 1 aromatic rings. The van der Waals surface area contributed by atoms with Gasteiger partial charge in [0.25, 0.3) is 0 Å². The average molecular weight is 255 g/mol. The highest BCUT2D eigenvalue weighted by Crippen LogP contribution is 2.55. The zero-order chi connectivity index (χ0) is 10.3. The maximum atomic E-state index is 10.3. The van der Waals surface area contributed by atoms with E-state index in [0.717, 1.165) is 22.9 Å². The van der Waals surface area contributed by atoms with Crippen LogP contribution < -0.4 is 0 Å². The number of aliphatic hydroxyl groups is 1. The van der Waals surface area contributed by atoms with Crippen molar-refractivity contribution in [3.05, 3.63) is 33.8 Å². The second-order valence-electron chi connectivity index (χ2n) is 4.22. The first-order valence-corrected chi connectivity index (χ1v) is 5.86. The fourth-order valence-corrected chi connectivity index (χ4v) is 2.69. The molecule has 1 nitrogen and oxygen atoms in total. The first-order chi connectivity index (χ1) is 6.58. The zero-order valence-corrected chi connectivity index (χ0v) is 10.1. The normalized spacial score (nSPS) is 30.4. The zero-order valence-electron chi connectivity index (χ0n) is 8.55. The number of aryl methyl sites for hydroxylation is 1.